The quantitative estimate of drug-likeness (QED) is 0.710. The maximum absolute atomic E-state index is 5.23. The molecular weight excluding hydrogens is 246 g/mol. The normalized spacial score (nSPS) is 11.1. The minimum absolute atomic E-state index is 0.872. The van der Waals surface area contributed by atoms with Gasteiger partial charge in [0.2, 0.25) is 0 Å². The topological polar surface area (TPSA) is 39.4 Å². The zero-order valence-electron chi connectivity index (χ0n) is 10.5. The van der Waals surface area contributed by atoms with Crippen LogP contribution in [0.5, 0.6) is 5.75 Å². The number of aromatic nitrogens is 3. The minimum atomic E-state index is 0.872. The number of methoxy groups -OCH3 is 1. The first kappa shape index (κ1) is 11.2. The molecule has 3 aromatic rings. The molecule has 0 aliphatic carbocycles. The van der Waals surface area contributed by atoms with E-state index in [9.17, 15) is 0 Å². The molecule has 92 valence electrons. The van der Waals surface area contributed by atoms with Gasteiger partial charge in [0, 0.05) is 11.4 Å². The Balaban J connectivity index is 2.26. The molecule has 3 heterocycles. The van der Waals surface area contributed by atoms with E-state index in [0.717, 1.165) is 33.4 Å². The summed E-state index contributed by atoms with van der Waals surface area (Å²) in [6, 6.07) is 5.98. The van der Waals surface area contributed by atoms with E-state index in [1.165, 1.54) is 0 Å². The van der Waals surface area contributed by atoms with E-state index in [1.807, 2.05) is 41.9 Å². The molecule has 0 fully saturated rings. The van der Waals surface area contributed by atoms with Gasteiger partial charge in [-0.3, -0.25) is 0 Å². The van der Waals surface area contributed by atoms with Crippen LogP contribution in [-0.4, -0.2) is 21.7 Å². The summed E-state index contributed by atoms with van der Waals surface area (Å²) < 4.78 is 7.13. The summed E-state index contributed by atoms with van der Waals surface area (Å²) in [5.74, 6) is 0.872. The second-order valence-electron chi connectivity index (χ2n) is 4.14. The number of imidazole rings is 1. The molecule has 4 nitrogen and oxygen atoms in total. The monoisotopic (exact) mass is 259 g/mol. The van der Waals surface area contributed by atoms with Gasteiger partial charge < -0.3 is 4.74 Å². The van der Waals surface area contributed by atoms with Crippen LogP contribution in [0.2, 0.25) is 0 Å². The van der Waals surface area contributed by atoms with Crippen LogP contribution in [0.3, 0.4) is 0 Å². The highest BCUT2D eigenvalue weighted by Gasteiger charge is 2.14. The maximum Gasteiger partial charge on any atom is 0.154 e. The third-order valence-corrected chi connectivity index (χ3v) is 3.74. The largest absolute Gasteiger partial charge is 0.496 e. The number of aryl methyl sites for hydroxylation is 2. The fraction of sp³-hybridized carbons (Fsp3) is 0.231. The summed E-state index contributed by atoms with van der Waals surface area (Å²) >= 11 is 1.64. The van der Waals surface area contributed by atoms with Gasteiger partial charge in [-0.1, -0.05) is 0 Å². The lowest BCUT2D eigenvalue weighted by Gasteiger charge is -2.00. The van der Waals surface area contributed by atoms with Crippen molar-refractivity contribution in [3.8, 4) is 16.3 Å². The molecule has 0 unspecified atom stereocenters. The Labute approximate surface area is 109 Å². The second-order valence-corrected chi connectivity index (χ2v) is 5.05. The van der Waals surface area contributed by atoms with Crippen molar-refractivity contribution in [2.75, 3.05) is 7.11 Å². The summed E-state index contributed by atoms with van der Waals surface area (Å²) in [6.45, 7) is 3.99. The van der Waals surface area contributed by atoms with E-state index in [4.69, 9.17) is 4.74 Å². The summed E-state index contributed by atoms with van der Waals surface area (Å²) in [4.78, 5) is 5.65. The van der Waals surface area contributed by atoms with Crippen LogP contribution in [0.1, 0.15) is 11.4 Å². The standard InChI is InChI=1S/C13H13N3OS/c1-8-4-5-12-14-9(2)13(16(12)15-8)11-6-10(17-3)7-18-11/h4-7H,1-3H3. The van der Waals surface area contributed by atoms with Gasteiger partial charge in [-0.15, -0.1) is 11.3 Å². The molecule has 0 saturated heterocycles. The maximum atomic E-state index is 5.23. The molecule has 0 spiro atoms. The molecule has 0 amide bonds. The van der Waals surface area contributed by atoms with Crippen molar-refractivity contribution in [1.82, 2.24) is 14.6 Å². The molecule has 3 rings (SSSR count). The Morgan fingerprint density at radius 1 is 1.28 bits per heavy atom. The van der Waals surface area contributed by atoms with Gasteiger partial charge in [-0.05, 0) is 26.0 Å². The molecule has 0 aromatic carbocycles. The number of nitrogens with zero attached hydrogens (tertiary/aromatic N) is 3. The van der Waals surface area contributed by atoms with Gasteiger partial charge >= 0.3 is 0 Å². The molecule has 18 heavy (non-hydrogen) atoms. The molecule has 0 bridgehead atoms. The van der Waals surface area contributed by atoms with Crippen LogP contribution >= 0.6 is 11.3 Å². The Morgan fingerprint density at radius 2 is 2.11 bits per heavy atom. The van der Waals surface area contributed by atoms with Crippen LogP contribution < -0.4 is 4.74 Å². The van der Waals surface area contributed by atoms with Gasteiger partial charge in [0.25, 0.3) is 0 Å². The molecule has 0 aliphatic heterocycles. The first-order chi connectivity index (χ1) is 8.69. The van der Waals surface area contributed by atoms with Crippen LogP contribution in [-0.2, 0) is 0 Å². The first-order valence-electron chi connectivity index (χ1n) is 5.65. The molecule has 0 atom stereocenters. The van der Waals surface area contributed by atoms with Crippen molar-refractivity contribution in [3.05, 3.63) is 35.0 Å². The highest BCUT2D eigenvalue weighted by Crippen LogP contribution is 2.33. The van der Waals surface area contributed by atoms with Crippen LogP contribution in [0.25, 0.3) is 16.2 Å². The Morgan fingerprint density at radius 3 is 2.83 bits per heavy atom. The van der Waals surface area contributed by atoms with E-state index < -0.39 is 0 Å². The van der Waals surface area contributed by atoms with E-state index >= 15 is 0 Å². The average molecular weight is 259 g/mol. The third kappa shape index (κ3) is 1.67. The number of rotatable bonds is 2. The van der Waals surface area contributed by atoms with E-state index in [1.54, 1.807) is 18.4 Å². The lowest BCUT2D eigenvalue weighted by atomic mass is 10.3. The van der Waals surface area contributed by atoms with E-state index in [-0.39, 0.29) is 0 Å². The lowest BCUT2D eigenvalue weighted by Crippen LogP contribution is -1.95. The van der Waals surface area contributed by atoms with Crippen LogP contribution in [0, 0.1) is 13.8 Å². The first-order valence-corrected chi connectivity index (χ1v) is 6.53. The molecular formula is C13H13N3OS. The van der Waals surface area contributed by atoms with E-state index in [0.29, 0.717) is 0 Å². The summed E-state index contributed by atoms with van der Waals surface area (Å²) in [7, 11) is 1.68. The Bertz CT molecular complexity index is 714. The number of thiophene rings is 1. The van der Waals surface area contributed by atoms with Crippen molar-refractivity contribution < 1.29 is 4.74 Å². The van der Waals surface area contributed by atoms with Crippen molar-refractivity contribution in [2.45, 2.75) is 13.8 Å². The Kier molecular flexibility index (Phi) is 2.56. The van der Waals surface area contributed by atoms with Crippen molar-refractivity contribution in [1.29, 1.82) is 0 Å². The van der Waals surface area contributed by atoms with Crippen molar-refractivity contribution >= 4 is 17.0 Å². The highest BCUT2D eigenvalue weighted by atomic mass is 32.1. The number of ether oxygens (including phenoxy) is 1. The van der Waals surface area contributed by atoms with Gasteiger partial charge in [-0.2, -0.15) is 5.10 Å². The smallest absolute Gasteiger partial charge is 0.154 e. The fourth-order valence-electron chi connectivity index (χ4n) is 1.97. The predicted octanol–water partition coefficient (Wildman–Crippen LogP) is 3.08. The van der Waals surface area contributed by atoms with Gasteiger partial charge in [-0.25, -0.2) is 9.50 Å². The van der Waals surface area contributed by atoms with Gasteiger partial charge in [0.05, 0.1) is 23.4 Å². The van der Waals surface area contributed by atoms with Crippen LogP contribution in [0.15, 0.2) is 23.6 Å². The second kappa shape index (κ2) is 4.10. The molecule has 3 aromatic heterocycles. The highest BCUT2D eigenvalue weighted by molar-refractivity contribution is 7.13. The van der Waals surface area contributed by atoms with Gasteiger partial charge in [0.15, 0.2) is 5.65 Å². The summed E-state index contributed by atoms with van der Waals surface area (Å²) in [5.41, 5.74) is 3.88. The SMILES string of the molecule is COc1csc(-c2c(C)nc3ccc(C)nn23)c1. The minimum Gasteiger partial charge on any atom is -0.496 e. The lowest BCUT2D eigenvalue weighted by molar-refractivity contribution is 0.417. The molecule has 0 aliphatic rings. The fourth-order valence-corrected chi connectivity index (χ4v) is 2.91. The van der Waals surface area contributed by atoms with Crippen LogP contribution in [0.4, 0.5) is 0 Å². The zero-order chi connectivity index (χ0) is 12.7. The molecule has 0 radical (unpaired) electrons. The molecule has 0 saturated carbocycles. The summed E-state index contributed by atoms with van der Waals surface area (Å²) in [5, 5.41) is 6.52. The van der Waals surface area contributed by atoms with E-state index in [2.05, 4.69) is 10.1 Å². The average Bonchev–Trinajstić information content (AvgIpc) is 2.92. The number of hydrogen-bond acceptors (Lipinski definition) is 4. The molecule has 0 N–H and O–H groups in total. The number of fused-ring (bicyclic) bond motifs is 1. The van der Waals surface area contributed by atoms with Gasteiger partial charge in [0.1, 0.15) is 11.4 Å². The Hall–Kier alpha value is -1.88. The van der Waals surface area contributed by atoms with Crippen molar-refractivity contribution in [2.24, 2.45) is 0 Å². The third-order valence-electron chi connectivity index (χ3n) is 2.83. The zero-order valence-corrected chi connectivity index (χ0v) is 11.3. The van der Waals surface area contributed by atoms with Crippen molar-refractivity contribution in [3.63, 3.8) is 0 Å². The molecule has 5 heteroatoms. The number of hydrogen-bond donors (Lipinski definition) is 0. The summed E-state index contributed by atoms with van der Waals surface area (Å²) in [6.07, 6.45) is 0. The predicted molar refractivity (Wildman–Crippen MR) is 72.3 cm³/mol.